The Morgan fingerprint density at radius 2 is 1.94 bits per heavy atom. The molecule has 0 bridgehead atoms. The number of nitrogens with zero attached hydrogens (tertiary/aromatic N) is 1. The Morgan fingerprint density at radius 1 is 1.12 bits per heavy atom. The minimum absolute atomic E-state index is 0.0192. The number of benzene rings is 1. The molecule has 168 valence electrons. The van der Waals surface area contributed by atoms with Gasteiger partial charge < -0.3 is 25.1 Å². The summed E-state index contributed by atoms with van der Waals surface area (Å²) in [5.74, 6) is 0.542. The van der Waals surface area contributed by atoms with Crippen LogP contribution in [-0.4, -0.2) is 41.8 Å². The van der Waals surface area contributed by atoms with E-state index >= 15 is 0 Å². The number of carbonyl (C=O) groups is 2. The van der Waals surface area contributed by atoms with Gasteiger partial charge in [0, 0.05) is 22.7 Å². The molecule has 0 spiro atoms. The molecule has 3 rings (SSSR count). The molecule has 0 unspecified atom stereocenters. The van der Waals surface area contributed by atoms with Crippen LogP contribution in [0.5, 0.6) is 11.5 Å². The lowest BCUT2D eigenvalue weighted by molar-refractivity contribution is -0.120. The topological polar surface area (TPSA) is 122 Å². The van der Waals surface area contributed by atoms with Crippen LogP contribution in [0.15, 0.2) is 51.7 Å². The third-order valence-corrected chi connectivity index (χ3v) is 5.91. The number of amides is 2. The van der Waals surface area contributed by atoms with Gasteiger partial charge in [-0.3, -0.25) is 14.4 Å². The van der Waals surface area contributed by atoms with Crippen molar-refractivity contribution in [3.05, 3.63) is 62.7 Å². The average Bonchev–Trinajstić information content (AvgIpc) is 3.29. The number of thiophene rings is 1. The number of methoxy groups -OCH3 is 2. The molecule has 0 aliphatic heterocycles. The summed E-state index contributed by atoms with van der Waals surface area (Å²) in [5.41, 5.74) is 0.495. The van der Waals surface area contributed by atoms with Crippen LogP contribution in [-0.2, 0) is 22.6 Å². The van der Waals surface area contributed by atoms with E-state index in [4.69, 9.17) is 9.47 Å². The Morgan fingerprint density at radius 3 is 2.66 bits per heavy atom. The smallest absolute Gasteiger partial charge is 0.251 e. The molecule has 2 aromatic heterocycles. The molecule has 11 heteroatoms. The molecule has 3 aromatic rings. The van der Waals surface area contributed by atoms with Gasteiger partial charge in [-0.25, -0.2) is 4.98 Å². The highest BCUT2D eigenvalue weighted by Gasteiger charge is 2.11. The summed E-state index contributed by atoms with van der Waals surface area (Å²) in [6.07, 6.45) is -0.0271. The first kappa shape index (κ1) is 23.4. The van der Waals surface area contributed by atoms with Crippen molar-refractivity contribution in [2.45, 2.75) is 18.1 Å². The van der Waals surface area contributed by atoms with Crippen LogP contribution in [0.1, 0.15) is 10.6 Å². The molecular weight excluding hydrogens is 452 g/mol. The van der Waals surface area contributed by atoms with E-state index in [1.165, 1.54) is 20.3 Å². The van der Waals surface area contributed by atoms with Gasteiger partial charge in [-0.15, -0.1) is 11.3 Å². The Labute approximate surface area is 192 Å². The monoisotopic (exact) mass is 474 g/mol. The maximum Gasteiger partial charge on any atom is 0.251 e. The first-order valence-electron chi connectivity index (χ1n) is 9.51. The van der Waals surface area contributed by atoms with E-state index < -0.39 is 0 Å². The van der Waals surface area contributed by atoms with Gasteiger partial charge >= 0.3 is 0 Å². The molecule has 9 nitrogen and oxygen atoms in total. The number of nitrogens with one attached hydrogen (secondary N) is 3. The van der Waals surface area contributed by atoms with Crippen molar-refractivity contribution in [1.29, 1.82) is 0 Å². The van der Waals surface area contributed by atoms with E-state index in [-0.39, 0.29) is 34.7 Å². The third-order valence-electron chi connectivity index (χ3n) is 4.16. The van der Waals surface area contributed by atoms with E-state index in [9.17, 15) is 14.4 Å². The minimum Gasteiger partial charge on any atom is -0.493 e. The fraction of sp³-hybridized carbons (Fsp3) is 0.238. The van der Waals surface area contributed by atoms with Crippen LogP contribution in [0.3, 0.4) is 0 Å². The van der Waals surface area contributed by atoms with Gasteiger partial charge in [-0.2, -0.15) is 0 Å². The van der Waals surface area contributed by atoms with Crippen molar-refractivity contribution in [3.63, 3.8) is 0 Å². The highest BCUT2D eigenvalue weighted by molar-refractivity contribution is 7.99. The van der Waals surface area contributed by atoms with Crippen molar-refractivity contribution in [1.82, 2.24) is 15.3 Å². The van der Waals surface area contributed by atoms with E-state index in [2.05, 4.69) is 20.6 Å². The Kier molecular flexibility index (Phi) is 8.28. The quantitative estimate of drug-likeness (QED) is 0.305. The SMILES string of the molecule is COc1ccc(NC(=O)CSc2nc(CC(=O)NCc3cccs3)cc(=O)[nH]2)cc1OC. The van der Waals surface area contributed by atoms with Crippen molar-refractivity contribution in [3.8, 4) is 11.5 Å². The molecule has 2 amide bonds. The lowest BCUT2D eigenvalue weighted by Crippen LogP contribution is -2.25. The van der Waals surface area contributed by atoms with Gasteiger partial charge in [0.15, 0.2) is 16.7 Å². The zero-order chi connectivity index (χ0) is 22.9. The number of carbonyl (C=O) groups excluding carboxylic acids is 2. The number of rotatable bonds is 10. The number of aromatic nitrogens is 2. The minimum atomic E-state index is -0.385. The van der Waals surface area contributed by atoms with Crippen molar-refractivity contribution in [2.75, 3.05) is 25.3 Å². The van der Waals surface area contributed by atoms with Gasteiger partial charge in [0.05, 0.1) is 38.6 Å². The number of hydrogen-bond acceptors (Lipinski definition) is 8. The number of anilines is 1. The predicted molar refractivity (Wildman–Crippen MR) is 124 cm³/mol. The van der Waals surface area contributed by atoms with Gasteiger partial charge in [-0.05, 0) is 23.6 Å². The molecule has 0 aliphatic carbocycles. The number of H-pyrrole nitrogens is 1. The maximum atomic E-state index is 12.3. The van der Waals surface area contributed by atoms with E-state index in [1.807, 2.05) is 17.5 Å². The van der Waals surface area contributed by atoms with Crippen LogP contribution in [0, 0.1) is 0 Å². The Balaban J connectivity index is 1.54. The molecule has 3 N–H and O–H groups in total. The van der Waals surface area contributed by atoms with Crippen LogP contribution < -0.4 is 25.7 Å². The number of aromatic amines is 1. The second-order valence-electron chi connectivity index (χ2n) is 6.48. The van der Waals surface area contributed by atoms with Crippen LogP contribution in [0.4, 0.5) is 5.69 Å². The summed E-state index contributed by atoms with van der Waals surface area (Å²) in [6.45, 7) is 0.428. The second-order valence-corrected chi connectivity index (χ2v) is 8.48. The van der Waals surface area contributed by atoms with E-state index in [0.717, 1.165) is 16.6 Å². The molecule has 0 saturated heterocycles. The molecule has 0 aliphatic rings. The first-order valence-corrected chi connectivity index (χ1v) is 11.4. The van der Waals surface area contributed by atoms with Gasteiger partial charge in [0.2, 0.25) is 11.8 Å². The molecular formula is C21H22N4O5S2. The third kappa shape index (κ3) is 6.86. The highest BCUT2D eigenvalue weighted by atomic mass is 32.2. The predicted octanol–water partition coefficient (Wildman–Crippen LogP) is 2.44. The van der Waals surface area contributed by atoms with E-state index in [1.54, 1.807) is 29.5 Å². The second kappa shape index (κ2) is 11.3. The first-order chi connectivity index (χ1) is 15.5. The summed E-state index contributed by atoms with van der Waals surface area (Å²) >= 11 is 2.62. The molecule has 0 saturated carbocycles. The van der Waals surface area contributed by atoms with Gasteiger partial charge in [0.1, 0.15) is 0 Å². The molecule has 1 aromatic carbocycles. The highest BCUT2D eigenvalue weighted by Crippen LogP contribution is 2.29. The Hall–Kier alpha value is -3.31. The van der Waals surface area contributed by atoms with E-state index in [0.29, 0.717) is 29.4 Å². The number of thioether (sulfide) groups is 1. The summed E-state index contributed by atoms with van der Waals surface area (Å²) < 4.78 is 10.4. The largest absolute Gasteiger partial charge is 0.493 e. The van der Waals surface area contributed by atoms with Crippen molar-refractivity contribution >= 4 is 40.6 Å². The van der Waals surface area contributed by atoms with Crippen LogP contribution in [0.2, 0.25) is 0 Å². The fourth-order valence-electron chi connectivity index (χ4n) is 2.71. The molecule has 0 fully saturated rings. The molecule has 0 radical (unpaired) electrons. The normalized spacial score (nSPS) is 10.4. The maximum absolute atomic E-state index is 12.3. The number of hydrogen-bond donors (Lipinski definition) is 3. The summed E-state index contributed by atoms with van der Waals surface area (Å²) in [6, 6.07) is 10.1. The van der Waals surface area contributed by atoms with Crippen molar-refractivity contribution < 1.29 is 19.1 Å². The van der Waals surface area contributed by atoms with Crippen LogP contribution in [0.25, 0.3) is 0 Å². The van der Waals surface area contributed by atoms with Gasteiger partial charge in [0.25, 0.3) is 5.56 Å². The lowest BCUT2D eigenvalue weighted by Gasteiger charge is -2.10. The lowest BCUT2D eigenvalue weighted by atomic mass is 10.2. The van der Waals surface area contributed by atoms with Crippen molar-refractivity contribution in [2.24, 2.45) is 0 Å². The van der Waals surface area contributed by atoms with Crippen LogP contribution >= 0.6 is 23.1 Å². The zero-order valence-electron chi connectivity index (χ0n) is 17.5. The summed E-state index contributed by atoms with van der Waals surface area (Å²) in [4.78, 5) is 44.3. The molecule has 0 atom stereocenters. The zero-order valence-corrected chi connectivity index (χ0v) is 19.1. The Bertz CT molecular complexity index is 1130. The fourth-order valence-corrected chi connectivity index (χ4v) is 4.05. The molecule has 32 heavy (non-hydrogen) atoms. The number of ether oxygens (including phenoxy) is 2. The summed E-state index contributed by atoms with van der Waals surface area (Å²) in [5, 5.41) is 7.75. The summed E-state index contributed by atoms with van der Waals surface area (Å²) in [7, 11) is 3.04. The standard InChI is InChI=1S/C21H22N4O5S2/c1-29-16-6-5-13(8-17(16)30-2)23-20(28)12-32-21-24-14(10-19(27)25-21)9-18(26)22-11-15-4-3-7-31-15/h3-8,10H,9,11-12H2,1-2H3,(H,22,26)(H,23,28)(H,24,25,27). The average molecular weight is 475 g/mol. The molecule has 2 heterocycles. The van der Waals surface area contributed by atoms with Gasteiger partial charge in [-0.1, -0.05) is 17.8 Å².